The van der Waals surface area contributed by atoms with Gasteiger partial charge in [0.25, 0.3) is 0 Å². The number of primary sulfonamides is 2. The van der Waals surface area contributed by atoms with Crippen molar-refractivity contribution in [2.24, 2.45) is 20.3 Å². The van der Waals surface area contributed by atoms with Crippen molar-refractivity contribution in [3.8, 4) is 11.5 Å². The van der Waals surface area contributed by atoms with Crippen LogP contribution in [-0.4, -0.2) is 53.3 Å². The first-order valence-corrected chi connectivity index (χ1v) is 16.7. The summed E-state index contributed by atoms with van der Waals surface area (Å²) in [7, 11) is -7.33. The fourth-order valence-corrected chi connectivity index (χ4v) is 5.04. The number of aliphatic imine (C=N–C) groups is 2. The number of nitrogens with zero attached hydrogens (tertiary/aromatic N) is 2. The first kappa shape index (κ1) is 43.7. The van der Waals surface area contributed by atoms with Gasteiger partial charge in [-0.25, -0.2) is 27.1 Å². The smallest absolute Gasteiger partial charge is 0.872 e. The SMILES string of the molecule is NS(=O)(=O)c1ccc(CCN=Cc2cc(Cl)ccc2[O-])cc1.NS(=O)(=O)c1ccc(CCN=Cc2cc(Cl)ccc2[O-])cc1.O.O.[Cu+2]. The monoisotopic (exact) mass is 773 g/mol. The minimum atomic E-state index is -3.67. The Bertz CT molecular complexity index is 1720. The van der Waals surface area contributed by atoms with Crippen LogP contribution < -0.4 is 20.5 Å². The molecule has 0 spiro atoms. The van der Waals surface area contributed by atoms with Crippen LogP contribution in [0.4, 0.5) is 0 Å². The van der Waals surface area contributed by atoms with Gasteiger partial charge in [-0.3, -0.25) is 9.98 Å². The number of rotatable bonds is 10. The van der Waals surface area contributed by atoms with Crippen LogP contribution in [0.2, 0.25) is 10.0 Å². The molecule has 0 fully saturated rings. The third-order valence-electron chi connectivity index (χ3n) is 5.97. The second-order valence-corrected chi connectivity index (χ2v) is 13.3. The Balaban J connectivity index is 0.000000846. The van der Waals surface area contributed by atoms with E-state index in [1.165, 1.54) is 61.0 Å². The molecule has 4 aromatic carbocycles. The molecule has 0 bridgehead atoms. The Morgan fingerprint density at radius 1 is 0.596 bits per heavy atom. The van der Waals surface area contributed by atoms with Crippen molar-refractivity contribution in [3.05, 3.63) is 117 Å². The molecule has 12 nitrogen and oxygen atoms in total. The average Bonchev–Trinajstić information content (AvgIpc) is 2.97. The van der Waals surface area contributed by atoms with Crippen molar-refractivity contribution in [2.75, 3.05) is 13.1 Å². The van der Waals surface area contributed by atoms with E-state index < -0.39 is 20.0 Å². The van der Waals surface area contributed by atoms with Crippen LogP contribution in [0.15, 0.2) is 105 Å². The van der Waals surface area contributed by atoms with E-state index in [2.05, 4.69) is 9.98 Å². The number of hydrogen-bond donors (Lipinski definition) is 2. The van der Waals surface area contributed by atoms with E-state index in [0.717, 1.165) is 11.1 Å². The molecule has 0 unspecified atom stereocenters. The van der Waals surface area contributed by atoms with Crippen molar-refractivity contribution < 1.29 is 55.1 Å². The van der Waals surface area contributed by atoms with Gasteiger partial charge >= 0.3 is 17.1 Å². The molecular weight excluding hydrogens is 743 g/mol. The largest absolute Gasteiger partial charge is 2.00 e. The van der Waals surface area contributed by atoms with E-state index in [1.807, 2.05) is 0 Å². The second-order valence-electron chi connectivity index (χ2n) is 9.31. The summed E-state index contributed by atoms with van der Waals surface area (Å²) < 4.78 is 44.5. The first-order valence-electron chi connectivity index (χ1n) is 12.9. The molecule has 0 saturated heterocycles. The predicted molar refractivity (Wildman–Crippen MR) is 177 cm³/mol. The maximum absolute atomic E-state index is 11.5. The van der Waals surface area contributed by atoms with Gasteiger partial charge in [-0.05, 0) is 83.6 Å². The van der Waals surface area contributed by atoms with Crippen molar-refractivity contribution >= 4 is 55.7 Å². The summed E-state index contributed by atoms with van der Waals surface area (Å²) in [5.41, 5.74) is 2.74. The van der Waals surface area contributed by atoms with Crippen molar-refractivity contribution in [1.82, 2.24) is 0 Å². The molecule has 0 amide bonds. The molecule has 4 rings (SSSR count). The summed E-state index contributed by atoms with van der Waals surface area (Å²) in [6.07, 6.45) is 4.23. The molecule has 257 valence electrons. The normalized spacial score (nSPS) is 11.1. The minimum absolute atomic E-state index is 0. The second kappa shape index (κ2) is 20.1. The number of halogens is 2. The third kappa shape index (κ3) is 15.0. The molecule has 0 aliphatic carbocycles. The van der Waals surface area contributed by atoms with Gasteiger partial charge in [0.1, 0.15) is 0 Å². The number of benzene rings is 4. The molecule has 1 radical (unpaired) electrons. The van der Waals surface area contributed by atoms with E-state index in [0.29, 0.717) is 47.1 Å². The van der Waals surface area contributed by atoms with E-state index in [1.54, 1.807) is 36.4 Å². The van der Waals surface area contributed by atoms with Crippen LogP contribution in [0.1, 0.15) is 22.3 Å². The van der Waals surface area contributed by atoms with Crippen LogP contribution >= 0.6 is 23.2 Å². The molecule has 8 N–H and O–H groups in total. The predicted octanol–water partition coefficient (Wildman–Crippen LogP) is 1.79. The Kier molecular flexibility index (Phi) is 18.7. The molecule has 0 atom stereocenters. The van der Waals surface area contributed by atoms with E-state index in [4.69, 9.17) is 33.5 Å². The van der Waals surface area contributed by atoms with Crippen LogP contribution in [0.25, 0.3) is 0 Å². The van der Waals surface area contributed by atoms with Gasteiger partial charge in [0, 0.05) is 35.6 Å². The zero-order chi connectivity index (χ0) is 32.3. The van der Waals surface area contributed by atoms with Gasteiger partial charge in [-0.2, -0.15) is 0 Å². The maximum atomic E-state index is 11.5. The molecular formula is C30H32Cl2CuN4O8S2. The van der Waals surface area contributed by atoms with Gasteiger partial charge in [0.05, 0.1) is 9.79 Å². The first-order chi connectivity index (χ1) is 20.7. The summed E-state index contributed by atoms with van der Waals surface area (Å²) in [4.78, 5) is 8.52. The molecule has 0 aromatic heterocycles. The molecule has 0 aliphatic heterocycles. The Morgan fingerprint density at radius 3 is 1.21 bits per heavy atom. The summed E-state index contributed by atoms with van der Waals surface area (Å²) in [5, 5.41) is 34.1. The quantitative estimate of drug-likeness (QED) is 0.179. The summed E-state index contributed by atoms with van der Waals surface area (Å²) in [6.45, 7) is 0.946. The summed E-state index contributed by atoms with van der Waals surface area (Å²) >= 11 is 11.6. The summed E-state index contributed by atoms with van der Waals surface area (Å²) in [6, 6.07) is 21.6. The van der Waals surface area contributed by atoms with Gasteiger partial charge in [-0.1, -0.05) is 71.1 Å². The van der Waals surface area contributed by atoms with E-state index in [-0.39, 0.29) is 49.3 Å². The fourth-order valence-electron chi connectivity index (χ4n) is 3.65. The standard InChI is InChI=1S/2C15H15ClN2O3S.Cu.2H2O/c2*16-13-3-6-15(19)12(9-13)10-18-8-7-11-1-4-14(5-2-11)22(17,20)21;;;/h2*1-6,9-10,19H,7-8H2,(H2,17,20,21);;2*1H2/q;;+2;;/p-2. The topological polar surface area (TPSA) is 254 Å². The molecule has 47 heavy (non-hydrogen) atoms. The van der Waals surface area contributed by atoms with Gasteiger partial charge in [0.15, 0.2) is 0 Å². The number of nitrogens with two attached hydrogens (primary N) is 2. The Morgan fingerprint density at radius 2 is 0.915 bits per heavy atom. The van der Waals surface area contributed by atoms with Gasteiger partial charge < -0.3 is 21.2 Å². The van der Waals surface area contributed by atoms with Crippen LogP contribution in [-0.2, 0) is 50.0 Å². The van der Waals surface area contributed by atoms with E-state index >= 15 is 0 Å². The zero-order valence-electron chi connectivity index (χ0n) is 24.4. The molecule has 0 aliphatic rings. The van der Waals surface area contributed by atoms with Gasteiger partial charge in [0.2, 0.25) is 20.0 Å². The average molecular weight is 775 g/mol. The van der Waals surface area contributed by atoms with Crippen molar-refractivity contribution in [2.45, 2.75) is 22.6 Å². The Labute approximate surface area is 294 Å². The van der Waals surface area contributed by atoms with Crippen LogP contribution in [0, 0.1) is 0 Å². The minimum Gasteiger partial charge on any atom is -0.872 e. The van der Waals surface area contributed by atoms with Crippen LogP contribution in [0.5, 0.6) is 11.5 Å². The maximum Gasteiger partial charge on any atom is 2.00 e. The number of sulfonamides is 2. The zero-order valence-corrected chi connectivity index (χ0v) is 28.5. The van der Waals surface area contributed by atoms with Crippen molar-refractivity contribution in [1.29, 1.82) is 0 Å². The fraction of sp³-hybridized carbons (Fsp3) is 0.133. The van der Waals surface area contributed by atoms with E-state index in [9.17, 15) is 27.0 Å². The molecule has 17 heteroatoms. The van der Waals surface area contributed by atoms with Gasteiger partial charge in [-0.15, -0.1) is 0 Å². The molecule has 4 aromatic rings. The summed E-state index contributed by atoms with van der Waals surface area (Å²) in [5.74, 6) is -0.267. The molecule has 0 heterocycles. The molecule has 0 saturated carbocycles. The van der Waals surface area contributed by atoms with Crippen molar-refractivity contribution in [3.63, 3.8) is 0 Å². The number of hydrogen-bond acceptors (Lipinski definition) is 8. The Hall–Kier alpha value is -3.34. The van der Waals surface area contributed by atoms with Crippen LogP contribution in [0.3, 0.4) is 0 Å². The third-order valence-corrected chi connectivity index (χ3v) is 8.30.